The van der Waals surface area contributed by atoms with Gasteiger partial charge in [0.1, 0.15) is 23.1 Å². The molecule has 0 aliphatic rings. The average molecular weight is 500 g/mol. The van der Waals surface area contributed by atoms with Gasteiger partial charge in [-0.25, -0.2) is 23.9 Å². The highest BCUT2D eigenvalue weighted by Crippen LogP contribution is 2.25. The number of aromatic carboxylic acids is 2. The number of carboxylic acids is 2. The summed E-state index contributed by atoms with van der Waals surface area (Å²) < 4.78 is 16.0. The molecule has 0 saturated carbocycles. The molecule has 0 radical (unpaired) electrons. The quantitative estimate of drug-likeness (QED) is 0.240. The van der Waals surface area contributed by atoms with Crippen LogP contribution in [0, 0.1) is 5.82 Å². The summed E-state index contributed by atoms with van der Waals surface area (Å²) in [4.78, 5) is 30.8. The standard InChI is InChI=1S/C24H23ClFN5O4/c1-28-19-11-14(18(26)12-17(19)23(32)33)4-2-6-16-10-15(21(24(34)35)30-22(16)25)5-3-7-20(27)31-9-8-29-13-31/h3,5,7-13,28H,2,4,6,27H2,1H3,(H,32,33)(H,34,35)/b5-3+,20-7+. The normalized spacial score (nSPS) is 11.7. The third-order valence-electron chi connectivity index (χ3n) is 5.20. The third kappa shape index (κ3) is 6.24. The van der Waals surface area contributed by atoms with Gasteiger partial charge in [0.2, 0.25) is 0 Å². The van der Waals surface area contributed by atoms with Gasteiger partial charge in [-0.3, -0.25) is 4.57 Å². The maximum atomic E-state index is 14.4. The van der Waals surface area contributed by atoms with Crippen molar-refractivity contribution in [3.63, 3.8) is 0 Å². The topological polar surface area (TPSA) is 143 Å². The lowest BCUT2D eigenvalue weighted by atomic mass is 10.0. The molecule has 0 amide bonds. The number of carbonyl (C=O) groups is 2. The molecule has 0 atom stereocenters. The van der Waals surface area contributed by atoms with Crippen LogP contribution in [0.25, 0.3) is 11.9 Å². The van der Waals surface area contributed by atoms with Gasteiger partial charge in [-0.1, -0.05) is 23.8 Å². The Bertz CT molecular complexity index is 1310. The minimum atomic E-state index is -1.23. The molecule has 3 aromatic rings. The van der Waals surface area contributed by atoms with Crippen LogP contribution in [-0.4, -0.2) is 43.7 Å². The Morgan fingerprint density at radius 3 is 2.57 bits per heavy atom. The van der Waals surface area contributed by atoms with E-state index >= 15 is 0 Å². The van der Waals surface area contributed by atoms with Gasteiger partial charge in [0, 0.05) is 30.7 Å². The van der Waals surface area contributed by atoms with Crippen molar-refractivity contribution in [2.45, 2.75) is 19.3 Å². The number of pyridine rings is 1. The fraction of sp³-hybridized carbons (Fsp3) is 0.167. The fourth-order valence-corrected chi connectivity index (χ4v) is 3.67. The molecule has 182 valence electrons. The van der Waals surface area contributed by atoms with E-state index in [4.69, 9.17) is 17.3 Å². The Labute approximate surface area is 205 Å². The number of imidazole rings is 1. The first-order valence-corrected chi connectivity index (χ1v) is 10.9. The van der Waals surface area contributed by atoms with Gasteiger partial charge in [0.15, 0.2) is 5.69 Å². The molecule has 2 aromatic heterocycles. The minimum absolute atomic E-state index is 0.0469. The summed E-state index contributed by atoms with van der Waals surface area (Å²) in [5, 5.41) is 21.5. The number of carboxylic acid groups (broad SMARTS) is 2. The Balaban J connectivity index is 1.79. The van der Waals surface area contributed by atoms with E-state index in [1.807, 2.05) is 0 Å². The molecule has 0 saturated heterocycles. The minimum Gasteiger partial charge on any atom is -0.478 e. The fourth-order valence-electron chi connectivity index (χ4n) is 3.43. The van der Waals surface area contributed by atoms with E-state index < -0.39 is 17.8 Å². The zero-order valence-electron chi connectivity index (χ0n) is 18.7. The van der Waals surface area contributed by atoms with E-state index in [2.05, 4.69) is 15.3 Å². The molecule has 11 heteroatoms. The Hall–Kier alpha value is -4.18. The molecule has 9 nitrogen and oxygen atoms in total. The molecular formula is C24H23ClFN5O4. The smallest absolute Gasteiger partial charge is 0.355 e. The van der Waals surface area contributed by atoms with Crippen LogP contribution in [0.2, 0.25) is 5.15 Å². The van der Waals surface area contributed by atoms with Gasteiger partial charge in [-0.2, -0.15) is 0 Å². The molecule has 3 rings (SSSR count). The van der Waals surface area contributed by atoms with Crippen molar-refractivity contribution in [2.75, 3.05) is 12.4 Å². The predicted octanol–water partition coefficient (Wildman–Crippen LogP) is 4.15. The van der Waals surface area contributed by atoms with Gasteiger partial charge in [-0.05, 0) is 54.7 Å². The first-order valence-electron chi connectivity index (χ1n) is 10.5. The molecular weight excluding hydrogens is 477 g/mol. The number of nitrogens with two attached hydrogens (primary N) is 1. The monoisotopic (exact) mass is 499 g/mol. The van der Waals surface area contributed by atoms with Crippen molar-refractivity contribution in [3.8, 4) is 0 Å². The number of aryl methyl sites for hydroxylation is 2. The maximum Gasteiger partial charge on any atom is 0.355 e. The Morgan fingerprint density at radius 2 is 1.94 bits per heavy atom. The summed E-state index contributed by atoms with van der Waals surface area (Å²) in [7, 11) is 1.56. The van der Waals surface area contributed by atoms with Crippen molar-refractivity contribution in [3.05, 3.63) is 88.0 Å². The predicted molar refractivity (Wildman–Crippen MR) is 131 cm³/mol. The van der Waals surface area contributed by atoms with Crippen molar-refractivity contribution in [1.82, 2.24) is 14.5 Å². The number of nitrogens with one attached hydrogen (secondary N) is 1. The van der Waals surface area contributed by atoms with E-state index in [-0.39, 0.29) is 16.4 Å². The van der Waals surface area contributed by atoms with Gasteiger partial charge < -0.3 is 21.3 Å². The highest BCUT2D eigenvalue weighted by molar-refractivity contribution is 6.30. The number of hydrogen-bond donors (Lipinski definition) is 4. The summed E-state index contributed by atoms with van der Waals surface area (Å²) in [6, 6.07) is 4.09. The summed E-state index contributed by atoms with van der Waals surface area (Å²) in [5.41, 5.74) is 7.19. The van der Waals surface area contributed by atoms with Crippen LogP contribution in [0.1, 0.15) is 44.0 Å². The second kappa shape index (κ2) is 11.3. The number of hydrogen-bond acceptors (Lipinski definition) is 6. The lowest BCUT2D eigenvalue weighted by Crippen LogP contribution is -2.07. The number of anilines is 1. The van der Waals surface area contributed by atoms with Gasteiger partial charge in [0.05, 0.1) is 5.56 Å². The summed E-state index contributed by atoms with van der Waals surface area (Å²) in [6.07, 6.45) is 10.7. The van der Waals surface area contributed by atoms with Gasteiger partial charge >= 0.3 is 11.9 Å². The largest absolute Gasteiger partial charge is 0.478 e. The van der Waals surface area contributed by atoms with Crippen LogP contribution in [0.4, 0.5) is 10.1 Å². The molecule has 0 spiro atoms. The number of nitrogens with zero attached hydrogens (tertiary/aromatic N) is 3. The van der Waals surface area contributed by atoms with Crippen molar-refractivity contribution in [2.24, 2.45) is 5.73 Å². The third-order valence-corrected chi connectivity index (χ3v) is 5.53. The van der Waals surface area contributed by atoms with E-state index in [0.717, 1.165) is 6.07 Å². The molecule has 2 heterocycles. The molecule has 1 aromatic carbocycles. The Kier molecular flexibility index (Phi) is 8.21. The molecule has 0 bridgehead atoms. The molecule has 0 fully saturated rings. The highest BCUT2D eigenvalue weighted by Gasteiger charge is 2.16. The van der Waals surface area contributed by atoms with Crippen molar-refractivity contribution < 1.29 is 24.2 Å². The van der Waals surface area contributed by atoms with Crippen LogP contribution in [0.15, 0.2) is 49.1 Å². The molecule has 0 unspecified atom stereocenters. The van der Waals surface area contributed by atoms with Gasteiger partial charge in [0.25, 0.3) is 0 Å². The average Bonchev–Trinajstić information content (AvgIpc) is 3.36. The van der Waals surface area contributed by atoms with Gasteiger partial charge in [-0.15, -0.1) is 0 Å². The number of rotatable bonds is 10. The highest BCUT2D eigenvalue weighted by atomic mass is 35.5. The second-order valence-electron chi connectivity index (χ2n) is 7.50. The number of halogens is 2. The first-order chi connectivity index (χ1) is 16.7. The van der Waals surface area contributed by atoms with Crippen LogP contribution in [0.3, 0.4) is 0 Å². The molecule has 5 N–H and O–H groups in total. The first kappa shape index (κ1) is 25.4. The number of aromatic nitrogens is 3. The lowest BCUT2D eigenvalue weighted by Gasteiger charge is -2.11. The van der Waals surface area contributed by atoms with Crippen molar-refractivity contribution >= 4 is 41.1 Å². The zero-order valence-corrected chi connectivity index (χ0v) is 19.5. The number of benzene rings is 1. The van der Waals surface area contributed by atoms with Crippen LogP contribution in [-0.2, 0) is 12.8 Å². The SMILES string of the molecule is CNc1cc(CCCc2cc(/C=C/C=C(\N)n3ccnc3)c(C(=O)O)nc2Cl)c(F)cc1C(=O)O. The van der Waals surface area contributed by atoms with Crippen molar-refractivity contribution in [1.29, 1.82) is 0 Å². The molecule has 0 aliphatic carbocycles. The van der Waals surface area contributed by atoms with Crippen LogP contribution >= 0.6 is 11.6 Å². The van der Waals surface area contributed by atoms with Crippen LogP contribution in [0.5, 0.6) is 0 Å². The molecule has 35 heavy (non-hydrogen) atoms. The van der Waals surface area contributed by atoms with E-state index in [1.54, 1.807) is 48.3 Å². The molecule has 0 aliphatic heterocycles. The van der Waals surface area contributed by atoms with E-state index in [0.29, 0.717) is 47.5 Å². The zero-order chi connectivity index (χ0) is 25.5. The summed E-state index contributed by atoms with van der Waals surface area (Å²) in [6.45, 7) is 0. The van der Waals surface area contributed by atoms with E-state index in [9.17, 15) is 24.2 Å². The summed E-state index contributed by atoms with van der Waals surface area (Å²) in [5.74, 6) is -2.68. The number of allylic oxidation sites excluding steroid dienone is 2. The van der Waals surface area contributed by atoms with Crippen LogP contribution < -0.4 is 11.1 Å². The lowest BCUT2D eigenvalue weighted by molar-refractivity contribution is 0.0682. The maximum absolute atomic E-state index is 14.4. The second-order valence-corrected chi connectivity index (χ2v) is 7.86. The summed E-state index contributed by atoms with van der Waals surface area (Å²) >= 11 is 6.22. The van der Waals surface area contributed by atoms with E-state index in [1.165, 1.54) is 12.4 Å². The Morgan fingerprint density at radius 1 is 1.20 bits per heavy atom.